The van der Waals surface area contributed by atoms with Crippen molar-refractivity contribution in [3.8, 4) is 0 Å². The zero-order chi connectivity index (χ0) is 20.9. The lowest BCUT2D eigenvalue weighted by Crippen LogP contribution is -2.60. The monoisotopic (exact) mass is 410 g/mol. The van der Waals surface area contributed by atoms with Crippen LogP contribution >= 0.6 is 0 Å². The fourth-order valence-corrected chi connectivity index (χ4v) is 7.23. The first-order chi connectivity index (χ1) is 14.4. The van der Waals surface area contributed by atoms with Crippen molar-refractivity contribution in [2.75, 3.05) is 18.0 Å². The molecule has 5 aliphatic rings. The van der Waals surface area contributed by atoms with Crippen molar-refractivity contribution < 1.29 is 9.53 Å². The summed E-state index contributed by atoms with van der Waals surface area (Å²) in [5.41, 5.74) is 0.968. The summed E-state index contributed by atoms with van der Waals surface area (Å²) in [6, 6.07) is 12.3. The highest BCUT2D eigenvalue weighted by Crippen LogP contribution is 2.56. The zero-order valence-corrected chi connectivity index (χ0v) is 18.9. The molecule has 0 aromatic heterocycles. The van der Waals surface area contributed by atoms with Gasteiger partial charge in [-0.15, -0.1) is 0 Å². The van der Waals surface area contributed by atoms with E-state index in [0.717, 1.165) is 49.6 Å². The molecule has 4 nitrogen and oxygen atoms in total. The summed E-state index contributed by atoms with van der Waals surface area (Å²) in [4.78, 5) is 17.3. The molecule has 4 heteroatoms. The van der Waals surface area contributed by atoms with Gasteiger partial charge in [0.05, 0.1) is 0 Å². The Morgan fingerprint density at radius 3 is 2.03 bits per heavy atom. The Labute approximate surface area is 182 Å². The normalized spacial score (nSPS) is 33.6. The second kappa shape index (κ2) is 7.76. The molecule has 0 spiro atoms. The largest absolute Gasteiger partial charge is 0.444 e. The van der Waals surface area contributed by atoms with Crippen LogP contribution in [0.15, 0.2) is 30.3 Å². The SMILES string of the molecule is CC(C)(C)OC(=O)N1CCC(N(c2ccccc2)C2C3CC4CC(C3)CC2C4)CC1. The fourth-order valence-electron chi connectivity index (χ4n) is 7.23. The maximum Gasteiger partial charge on any atom is 0.410 e. The molecule has 1 aromatic carbocycles. The highest BCUT2D eigenvalue weighted by molar-refractivity contribution is 5.68. The molecular weight excluding hydrogens is 372 g/mol. The first-order valence-electron chi connectivity index (χ1n) is 12.2. The van der Waals surface area contributed by atoms with Gasteiger partial charge in [0.25, 0.3) is 0 Å². The minimum absolute atomic E-state index is 0.151. The molecule has 0 unspecified atom stereocenters. The van der Waals surface area contributed by atoms with Gasteiger partial charge in [-0.2, -0.15) is 0 Å². The van der Waals surface area contributed by atoms with Crippen LogP contribution in [0.2, 0.25) is 0 Å². The Kier molecular flexibility index (Phi) is 5.23. The van der Waals surface area contributed by atoms with E-state index in [4.69, 9.17) is 4.74 Å². The Morgan fingerprint density at radius 1 is 0.933 bits per heavy atom. The van der Waals surface area contributed by atoms with Crippen LogP contribution in [0.1, 0.15) is 65.7 Å². The minimum atomic E-state index is -0.426. The lowest BCUT2D eigenvalue weighted by molar-refractivity contribution is -0.00895. The van der Waals surface area contributed by atoms with Gasteiger partial charge in [0.15, 0.2) is 0 Å². The first-order valence-corrected chi connectivity index (χ1v) is 12.2. The van der Waals surface area contributed by atoms with Crippen LogP contribution in [0.4, 0.5) is 10.5 Å². The van der Waals surface area contributed by atoms with Gasteiger partial charge in [-0.1, -0.05) is 18.2 Å². The Balaban J connectivity index is 1.34. The number of amides is 1. The summed E-state index contributed by atoms with van der Waals surface area (Å²) >= 11 is 0. The molecule has 4 saturated carbocycles. The second-order valence-corrected chi connectivity index (χ2v) is 11.4. The Bertz CT molecular complexity index is 720. The highest BCUT2D eigenvalue weighted by atomic mass is 16.6. The molecule has 5 fully saturated rings. The molecule has 1 heterocycles. The van der Waals surface area contributed by atoms with Crippen molar-refractivity contribution in [3.63, 3.8) is 0 Å². The van der Waals surface area contributed by atoms with E-state index in [-0.39, 0.29) is 6.09 Å². The van der Waals surface area contributed by atoms with Gasteiger partial charge < -0.3 is 14.5 Å². The van der Waals surface area contributed by atoms with Crippen LogP contribution < -0.4 is 4.90 Å². The van der Waals surface area contributed by atoms with E-state index in [1.165, 1.54) is 37.8 Å². The van der Waals surface area contributed by atoms with Crippen molar-refractivity contribution in [1.82, 2.24) is 4.90 Å². The predicted molar refractivity (Wildman–Crippen MR) is 121 cm³/mol. The average Bonchev–Trinajstić information content (AvgIpc) is 2.70. The number of anilines is 1. The average molecular weight is 411 g/mol. The van der Waals surface area contributed by atoms with E-state index in [2.05, 4.69) is 35.2 Å². The number of carbonyl (C=O) groups excluding carboxylic acids is 1. The maximum absolute atomic E-state index is 12.6. The molecule has 164 valence electrons. The van der Waals surface area contributed by atoms with E-state index < -0.39 is 5.60 Å². The Morgan fingerprint density at radius 2 is 1.50 bits per heavy atom. The third-order valence-corrected chi connectivity index (χ3v) is 8.06. The quantitative estimate of drug-likeness (QED) is 0.639. The molecule has 6 rings (SSSR count). The molecule has 4 aliphatic carbocycles. The third-order valence-electron chi connectivity index (χ3n) is 8.06. The number of hydrogen-bond acceptors (Lipinski definition) is 3. The number of likely N-dealkylation sites (tertiary alicyclic amines) is 1. The number of rotatable bonds is 3. The summed E-state index contributed by atoms with van der Waals surface area (Å²) in [7, 11) is 0. The molecule has 0 atom stereocenters. The second-order valence-electron chi connectivity index (χ2n) is 11.4. The zero-order valence-electron chi connectivity index (χ0n) is 18.9. The van der Waals surface area contributed by atoms with Crippen molar-refractivity contribution >= 4 is 11.8 Å². The van der Waals surface area contributed by atoms with Crippen molar-refractivity contribution in [2.45, 2.75) is 83.4 Å². The number of piperidine rings is 1. The van der Waals surface area contributed by atoms with E-state index in [1.54, 1.807) is 0 Å². The van der Waals surface area contributed by atoms with Crippen LogP contribution in [-0.4, -0.2) is 41.8 Å². The lowest BCUT2D eigenvalue weighted by atomic mass is 9.53. The van der Waals surface area contributed by atoms with Gasteiger partial charge in [0.2, 0.25) is 0 Å². The number of ether oxygens (including phenoxy) is 1. The number of benzene rings is 1. The standard InChI is InChI=1S/C26H38N2O2/c1-26(2,3)30-25(29)27-11-9-23(10-12-27)28(22-7-5-4-6-8-22)24-20-14-18-13-19(16-20)17-21(24)15-18/h4-8,18-21,23-24H,9-17H2,1-3H3. The predicted octanol–water partition coefficient (Wildman–Crippen LogP) is 5.72. The van der Waals surface area contributed by atoms with Gasteiger partial charge in [-0.05, 0) is 102 Å². The summed E-state index contributed by atoms with van der Waals surface area (Å²) in [5, 5.41) is 0. The van der Waals surface area contributed by atoms with Gasteiger partial charge in [0, 0.05) is 30.9 Å². The van der Waals surface area contributed by atoms with Crippen molar-refractivity contribution in [2.24, 2.45) is 23.7 Å². The number of carbonyl (C=O) groups is 1. The van der Waals surface area contributed by atoms with Crippen LogP contribution in [-0.2, 0) is 4.74 Å². The number of para-hydroxylation sites is 1. The smallest absolute Gasteiger partial charge is 0.410 e. The van der Waals surface area contributed by atoms with Gasteiger partial charge in [-0.25, -0.2) is 4.79 Å². The molecule has 30 heavy (non-hydrogen) atoms. The van der Waals surface area contributed by atoms with E-state index >= 15 is 0 Å². The van der Waals surface area contributed by atoms with E-state index in [9.17, 15) is 4.79 Å². The molecular formula is C26H38N2O2. The molecule has 0 radical (unpaired) electrons. The van der Waals surface area contributed by atoms with Crippen molar-refractivity contribution in [1.29, 1.82) is 0 Å². The summed E-state index contributed by atoms with van der Waals surface area (Å²) in [6.07, 6.45) is 9.19. The topological polar surface area (TPSA) is 32.8 Å². The lowest BCUT2D eigenvalue weighted by Gasteiger charge is -2.59. The molecule has 4 bridgehead atoms. The van der Waals surface area contributed by atoms with Gasteiger partial charge in [0.1, 0.15) is 5.60 Å². The summed E-state index contributed by atoms with van der Waals surface area (Å²) < 4.78 is 5.62. The van der Waals surface area contributed by atoms with Gasteiger partial charge >= 0.3 is 6.09 Å². The van der Waals surface area contributed by atoms with Crippen LogP contribution in [0.25, 0.3) is 0 Å². The van der Waals surface area contributed by atoms with Crippen LogP contribution in [0.5, 0.6) is 0 Å². The minimum Gasteiger partial charge on any atom is -0.444 e. The summed E-state index contributed by atoms with van der Waals surface area (Å²) in [5.74, 6) is 3.72. The van der Waals surface area contributed by atoms with E-state index in [0.29, 0.717) is 12.1 Å². The number of nitrogens with zero attached hydrogens (tertiary/aromatic N) is 2. The van der Waals surface area contributed by atoms with Crippen LogP contribution in [0, 0.1) is 23.7 Å². The van der Waals surface area contributed by atoms with Gasteiger partial charge in [-0.3, -0.25) is 0 Å². The Hall–Kier alpha value is -1.71. The molecule has 1 aromatic rings. The highest BCUT2D eigenvalue weighted by Gasteiger charge is 2.51. The fraction of sp³-hybridized carbons (Fsp3) is 0.731. The molecule has 1 amide bonds. The molecule has 1 saturated heterocycles. The maximum atomic E-state index is 12.6. The third kappa shape index (κ3) is 3.94. The first kappa shape index (κ1) is 20.2. The van der Waals surface area contributed by atoms with Crippen molar-refractivity contribution in [3.05, 3.63) is 30.3 Å². The van der Waals surface area contributed by atoms with Crippen LogP contribution in [0.3, 0.4) is 0 Å². The molecule has 0 N–H and O–H groups in total. The number of hydrogen-bond donors (Lipinski definition) is 0. The molecule has 1 aliphatic heterocycles. The van der Waals surface area contributed by atoms with E-state index in [1.807, 2.05) is 25.7 Å². The summed E-state index contributed by atoms with van der Waals surface area (Å²) in [6.45, 7) is 7.44.